The third-order valence-corrected chi connectivity index (χ3v) is 0.767. The van der Waals surface area contributed by atoms with E-state index in [1.807, 2.05) is 0 Å². The van der Waals surface area contributed by atoms with Gasteiger partial charge >= 0.3 is 5.97 Å². The Morgan fingerprint density at radius 3 is 2.45 bits per heavy atom. The number of nitrogens with one attached hydrogen (secondary N) is 1. The second-order valence-corrected chi connectivity index (χ2v) is 1.87. The summed E-state index contributed by atoms with van der Waals surface area (Å²) in [4.78, 5) is 15.0. The summed E-state index contributed by atoms with van der Waals surface area (Å²) in [7, 11) is 0. The van der Waals surface area contributed by atoms with Crippen molar-refractivity contribution in [3.63, 3.8) is 0 Å². The molecule has 0 atom stereocenters. The van der Waals surface area contributed by atoms with E-state index >= 15 is 0 Å². The lowest BCUT2D eigenvalue weighted by Crippen LogP contribution is -2.43. The molecule has 0 unspecified atom stereocenters. The third kappa shape index (κ3) is 3.21. The average Bonchev–Trinajstić information content (AvgIpc) is 1.87. The molecule has 0 aliphatic heterocycles. The summed E-state index contributed by atoms with van der Waals surface area (Å²) in [6.45, 7) is 4.75. The number of nitrogens with two attached hydrogens (primary N) is 2. The van der Waals surface area contributed by atoms with Gasteiger partial charge in [-0.05, 0) is 6.92 Å². The molecule has 0 fully saturated rings. The summed E-state index contributed by atoms with van der Waals surface area (Å²) in [6.07, 6.45) is 0. The molecule has 62 valence electrons. The van der Waals surface area contributed by atoms with E-state index in [1.54, 1.807) is 0 Å². The first-order chi connectivity index (χ1) is 4.95. The Balaban J connectivity index is 3.95. The first kappa shape index (κ1) is 9.44. The van der Waals surface area contributed by atoms with Gasteiger partial charge in [-0.3, -0.25) is 5.41 Å². The van der Waals surface area contributed by atoms with Gasteiger partial charge < -0.3 is 10.6 Å². The zero-order chi connectivity index (χ0) is 9.02. The van der Waals surface area contributed by atoms with Crippen molar-refractivity contribution in [1.82, 2.24) is 5.17 Å². The number of carbonyl (C=O) groups excluding carboxylic acids is 1. The highest BCUT2D eigenvalue weighted by molar-refractivity contribution is 5.88. The van der Waals surface area contributed by atoms with Crippen molar-refractivity contribution in [3.05, 3.63) is 12.2 Å². The Bertz CT molecular complexity index is 201. The summed E-state index contributed by atoms with van der Waals surface area (Å²) in [5.74, 6) is 3.68. The zero-order valence-electron chi connectivity index (χ0n) is 6.13. The van der Waals surface area contributed by atoms with Crippen LogP contribution in [0.4, 0.5) is 0 Å². The summed E-state index contributed by atoms with van der Waals surface area (Å²) >= 11 is 0. The van der Waals surface area contributed by atoms with Crippen LogP contribution in [0.1, 0.15) is 6.92 Å². The van der Waals surface area contributed by atoms with Gasteiger partial charge in [0.2, 0.25) is 5.96 Å². The largest absolute Gasteiger partial charge is 0.366 e. The Kier molecular flexibility index (Phi) is 3.06. The Morgan fingerprint density at radius 1 is 1.73 bits per heavy atom. The van der Waals surface area contributed by atoms with E-state index in [0.717, 1.165) is 0 Å². The molecule has 0 rings (SSSR count). The number of guanidine groups is 1. The summed E-state index contributed by atoms with van der Waals surface area (Å²) in [5.41, 5.74) is 5.04. The molecule has 6 nitrogen and oxygen atoms in total. The quantitative estimate of drug-likeness (QED) is 0.151. The topological polar surface area (TPSA) is 105 Å². The first-order valence-corrected chi connectivity index (χ1v) is 2.71. The number of hydrazine groups is 1. The number of hydrogen-bond donors (Lipinski definition) is 3. The van der Waals surface area contributed by atoms with Crippen LogP contribution in [-0.4, -0.2) is 17.1 Å². The standard InChI is InChI=1S/C5H10N4O2/c1-3(2)4(10)11-9(8)5(6)7/h1,8H2,2H3,(H3,6,7). The molecule has 0 amide bonds. The number of hydrogen-bond acceptors (Lipinski definition) is 4. The highest BCUT2D eigenvalue weighted by Gasteiger charge is 2.08. The SMILES string of the molecule is C=C(C)C(=O)ON(N)C(=N)N. The molecule has 6 heteroatoms. The highest BCUT2D eigenvalue weighted by Crippen LogP contribution is 1.92. The summed E-state index contributed by atoms with van der Waals surface area (Å²) in [5, 5.41) is 7.06. The van der Waals surface area contributed by atoms with Crippen molar-refractivity contribution in [2.75, 3.05) is 0 Å². The van der Waals surface area contributed by atoms with Gasteiger partial charge in [-0.15, -0.1) is 5.17 Å². The van der Waals surface area contributed by atoms with Gasteiger partial charge in [0.05, 0.1) is 0 Å². The predicted molar refractivity (Wildman–Crippen MR) is 38.8 cm³/mol. The second kappa shape index (κ2) is 3.57. The zero-order valence-corrected chi connectivity index (χ0v) is 6.13. The lowest BCUT2D eigenvalue weighted by Gasteiger charge is -2.13. The molecule has 0 aromatic heterocycles. The van der Waals surface area contributed by atoms with E-state index in [9.17, 15) is 4.79 Å². The lowest BCUT2D eigenvalue weighted by molar-refractivity contribution is -0.168. The van der Waals surface area contributed by atoms with E-state index in [2.05, 4.69) is 11.4 Å². The number of rotatable bonds is 1. The van der Waals surface area contributed by atoms with Crippen molar-refractivity contribution in [1.29, 1.82) is 5.41 Å². The minimum absolute atomic E-state index is 0.182. The molecule has 0 spiro atoms. The molecule has 0 saturated carbocycles. The van der Waals surface area contributed by atoms with Gasteiger partial charge in [0.15, 0.2) is 0 Å². The van der Waals surface area contributed by atoms with Crippen molar-refractivity contribution >= 4 is 11.9 Å². The molecule has 0 aromatic carbocycles. The molecule has 11 heavy (non-hydrogen) atoms. The second-order valence-electron chi connectivity index (χ2n) is 1.87. The molecule has 0 aromatic rings. The fourth-order valence-corrected chi connectivity index (χ4v) is 0.216. The van der Waals surface area contributed by atoms with Crippen molar-refractivity contribution in [3.8, 4) is 0 Å². The monoisotopic (exact) mass is 158 g/mol. The van der Waals surface area contributed by atoms with Gasteiger partial charge in [0.25, 0.3) is 0 Å². The van der Waals surface area contributed by atoms with Gasteiger partial charge in [-0.1, -0.05) is 6.58 Å². The van der Waals surface area contributed by atoms with Gasteiger partial charge in [0.1, 0.15) is 0 Å². The van der Waals surface area contributed by atoms with Crippen LogP contribution in [0.2, 0.25) is 0 Å². The Hall–Kier alpha value is -1.56. The van der Waals surface area contributed by atoms with Gasteiger partial charge in [-0.2, -0.15) is 0 Å². The fourth-order valence-electron chi connectivity index (χ4n) is 0.216. The molecule has 5 N–H and O–H groups in total. The number of hydroxylamine groups is 1. The molecule has 0 bridgehead atoms. The third-order valence-electron chi connectivity index (χ3n) is 0.767. The first-order valence-electron chi connectivity index (χ1n) is 2.71. The van der Waals surface area contributed by atoms with Gasteiger partial charge in [0, 0.05) is 5.57 Å². The van der Waals surface area contributed by atoms with E-state index in [0.29, 0.717) is 5.17 Å². The Morgan fingerprint density at radius 2 is 2.18 bits per heavy atom. The van der Waals surface area contributed by atoms with E-state index in [1.165, 1.54) is 6.92 Å². The molecule has 0 saturated heterocycles. The fraction of sp³-hybridized carbons (Fsp3) is 0.200. The summed E-state index contributed by atoms with van der Waals surface area (Å²) in [6, 6.07) is 0. The minimum Gasteiger partial charge on any atom is -0.366 e. The van der Waals surface area contributed by atoms with E-state index < -0.39 is 11.9 Å². The van der Waals surface area contributed by atoms with Crippen molar-refractivity contribution in [2.24, 2.45) is 11.6 Å². The lowest BCUT2D eigenvalue weighted by atomic mass is 10.4. The van der Waals surface area contributed by atoms with Crippen LogP contribution in [0, 0.1) is 5.41 Å². The van der Waals surface area contributed by atoms with Crippen LogP contribution in [0.5, 0.6) is 0 Å². The van der Waals surface area contributed by atoms with Crippen LogP contribution in [-0.2, 0) is 9.63 Å². The summed E-state index contributed by atoms with van der Waals surface area (Å²) < 4.78 is 0. The molecule has 0 aliphatic rings. The maximum absolute atomic E-state index is 10.7. The van der Waals surface area contributed by atoms with Crippen LogP contribution in [0.25, 0.3) is 0 Å². The molecule has 0 aliphatic carbocycles. The van der Waals surface area contributed by atoms with Gasteiger partial charge in [-0.25, -0.2) is 10.6 Å². The van der Waals surface area contributed by atoms with Crippen LogP contribution in [0.15, 0.2) is 12.2 Å². The number of carbonyl (C=O) groups is 1. The van der Waals surface area contributed by atoms with E-state index in [4.69, 9.17) is 17.0 Å². The predicted octanol–water partition coefficient (Wildman–Crippen LogP) is -0.910. The Labute approximate surface area is 63.8 Å². The van der Waals surface area contributed by atoms with E-state index in [-0.39, 0.29) is 5.57 Å². The van der Waals surface area contributed by atoms with Crippen molar-refractivity contribution < 1.29 is 9.63 Å². The van der Waals surface area contributed by atoms with Crippen LogP contribution in [0.3, 0.4) is 0 Å². The smallest absolute Gasteiger partial charge is 0.360 e. The highest BCUT2D eigenvalue weighted by atomic mass is 16.7. The average molecular weight is 158 g/mol. The molecular formula is C5H10N4O2. The maximum atomic E-state index is 10.7. The molecule has 0 radical (unpaired) electrons. The molecular weight excluding hydrogens is 148 g/mol. The van der Waals surface area contributed by atoms with Crippen molar-refractivity contribution in [2.45, 2.75) is 6.92 Å². The van der Waals surface area contributed by atoms with Crippen LogP contribution < -0.4 is 11.6 Å². The van der Waals surface area contributed by atoms with Crippen LogP contribution >= 0.6 is 0 Å². The minimum atomic E-state index is -0.720. The maximum Gasteiger partial charge on any atom is 0.360 e. The normalized spacial score (nSPS) is 8.55. The molecule has 0 heterocycles. The number of nitrogens with zero attached hydrogens (tertiary/aromatic N) is 1.